The third kappa shape index (κ3) is 4.56. The molecule has 0 radical (unpaired) electrons. The molecule has 0 aliphatic heterocycles. The quantitative estimate of drug-likeness (QED) is 0.206. The Labute approximate surface area is 265 Å². The van der Waals surface area contributed by atoms with Gasteiger partial charge < -0.3 is 0 Å². The van der Waals surface area contributed by atoms with Crippen molar-refractivity contribution in [1.82, 2.24) is 19.9 Å². The summed E-state index contributed by atoms with van der Waals surface area (Å²) in [6.07, 6.45) is 0. The summed E-state index contributed by atoms with van der Waals surface area (Å²) in [4.78, 5) is 20.2. The highest BCUT2D eigenvalue weighted by Crippen LogP contribution is 2.34. The van der Waals surface area contributed by atoms with Gasteiger partial charge in [-0.3, -0.25) is 0 Å². The van der Waals surface area contributed by atoms with Crippen LogP contribution < -0.4 is 0 Å². The molecule has 0 saturated heterocycles. The summed E-state index contributed by atoms with van der Waals surface area (Å²) in [7, 11) is 0. The van der Waals surface area contributed by atoms with Crippen molar-refractivity contribution in [3.63, 3.8) is 0 Å². The standard InChI is InChI=1S/C42H26N4/c1-3-11-31-25-33(23-17-27(31)9-1)39-35-13-5-7-15-37(35)43-41(45-39)29-19-21-30(22-20-29)42-44-38-16-8-6-14-36(38)40(46-42)34-24-18-28-10-2-4-12-32(28)26-34/h1-26H. The van der Waals surface area contributed by atoms with E-state index >= 15 is 0 Å². The Hall–Kier alpha value is -6.26. The Morgan fingerprint density at radius 1 is 0.283 bits per heavy atom. The van der Waals surface area contributed by atoms with Gasteiger partial charge in [0.2, 0.25) is 0 Å². The van der Waals surface area contributed by atoms with Gasteiger partial charge in [-0.25, -0.2) is 19.9 Å². The fraction of sp³-hybridized carbons (Fsp3) is 0. The average Bonchev–Trinajstić information content (AvgIpc) is 3.13. The van der Waals surface area contributed by atoms with Crippen molar-refractivity contribution < 1.29 is 0 Å². The number of hydrogen-bond donors (Lipinski definition) is 0. The van der Waals surface area contributed by atoms with E-state index < -0.39 is 0 Å². The van der Waals surface area contributed by atoms with Crippen molar-refractivity contribution in [2.24, 2.45) is 0 Å². The Kier molecular flexibility index (Phi) is 6.10. The highest BCUT2D eigenvalue weighted by molar-refractivity contribution is 5.98. The zero-order valence-electron chi connectivity index (χ0n) is 24.8. The van der Waals surface area contributed by atoms with Crippen LogP contribution in [0.25, 0.3) is 88.6 Å². The highest BCUT2D eigenvalue weighted by Gasteiger charge is 2.15. The summed E-state index contributed by atoms with van der Waals surface area (Å²) in [5, 5.41) is 6.85. The topological polar surface area (TPSA) is 51.6 Å². The third-order valence-electron chi connectivity index (χ3n) is 8.65. The molecule has 7 aromatic carbocycles. The number of rotatable bonds is 4. The summed E-state index contributed by atoms with van der Waals surface area (Å²) in [6, 6.07) is 54.5. The third-order valence-corrected chi connectivity index (χ3v) is 8.65. The van der Waals surface area contributed by atoms with E-state index in [1.54, 1.807) is 0 Å². The second kappa shape index (κ2) is 10.7. The molecular formula is C42H26N4. The summed E-state index contributed by atoms with van der Waals surface area (Å²) in [5.74, 6) is 1.37. The molecule has 0 fully saturated rings. The van der Waals surface area contributed by atoms with Crippen LogP contribution in [-0.2, 0) is 0 Å². The summed E-state index contributed by atoms with van der Waals surface area (Å²) >= 11 is 0. The van der Waals surface area contributed by atoms with Gasteiger partial charge in [0.05, 0.1) is 22.4 Å². The van der Waals surface area contributed by atoms with E-state index in [0.717, 1.165) is 55.4 Å². The van der Waals surface area contributed by atoms with E-state index in [1.165, 1.54) is 21.5 Å². The lowest BCUT2D eigenvalue weighted by Crippen LogP contribution is -1.97. The smallest absolute Gasteiger partial charge is 0.160 e. The van der Waals surface area contributed by atoms with Gasteiger partial charge in [0.25, 0.3) is 0 Å². The number of para-hydroxylation sites is 2. The fourth-order valence-electron chi connectivity index (χ4n) is 6.29. The zero-order valence-corrected chi connectivity index (χ0v) is 24.8. The predicted octanol–water partition coefficient (Wildman–Crippen LogP) is 10.5. The maximum atomic E-state index is 5.13. The van der Waals surface area contributed by atoms with Crippen LogP contribution in [0.2, 0.25) is 0 Å². The first kappa shape index (κ1) is 26.2. The van der Waals surface area contributed by atoms with Gasteiger partial charge in [-0.05, 0) is 45.8 Å². The highest BCUT2D eigenvalue weighted by atomic mass is 14.9. The van der Waals surface area contributed by atoms with E-state index in [1.807, 2.05) is 24.3 Å². The molecule has 0 aliphatic carbocycles. The number of nitrogens with zero attached hydrogens (tertiary/aromatic N) is 4. The number of fused-ring (bicyclic) bond motifs is 4. The first-order valence-corrected chi connectivity index (χ1v) is 15.4. The van der Waals surface area contributed by atoms with Crippen LogP contribution in [0.5, 0.6) is 0 Å². The first-order valence-electron chi connectivity index (χ1n) is 15.4. The fourth-order valence-corrected chi connectivity index (χ4v) is 6.29. The van der Waals surface area contributed by atoms with Gasteiger partial charge in [-0.15, -0.1) is 0 Å². The van der Waals surface area contributed by atoms with Crippen LogP contribution in [0.4, 0.5) is 0 Å². The van der Waals surface area contributed by atoms with Crippen LogP contribution in [0.1, 0.15) is 0 Å². The second-order valence-corrected chi connectivity index (χ2v) is 11.5. The molecule has 9 aromatic rings. The monoisotopic (exact) mass is 586 g/mol. The van der Waals surface area contributed by atoms with Gasteiger partial charge in [0, 0.05) is 33.0 Å². The van der Waals surface area contributed by atoms with Crippen molar-refractivity contribution >= 4 is 43.4 Å². The minimum absolute atomic E-state index is 0.685. The van der Waals surface area contributed by atoms with Gasteiger partial charge in [-0.2, -0.15) is 0 Å². The maximum absolute atomic E-state index is 5.13. The molecular weight excluding hydrogens is 560 g/mol. The lowest BCUT2D eigenvalue weighted by atomic mass is 10.0. The van der Waals surface area contributed by atoms with Gasteiger partial charge in [0.15, 0.2) is 11.6 Å². The molecule has 2 aromatic heterocycles. The molecule has 0 amide bonds. The first-order chi connectivity index (χ1) is 22.8. The maximum Gasteiger partial charge on any atom is 0.160 e. The molecule has 0 N–H and O–H groups in total. The van der Waals surface area contributed by atoms with E-state index in [-0.39, 0.29) is 0 Å². The molecule has 4 heteroatoms. The summed E-state index contributed by atoms with van der Waals surface area (Å²) in [5.41, 5.74) is 7.69. The Bertz CT molecular complexity index is 2410. The molecule has 0 saturated carbocycles. The Morgan fingerprint density at radius 2 is 0.652 bits per heavy atom. The van der Waals surface area contributed by atoms with Gasteiger partial charge in [0.1, 0.15) is 0 Å². The minimum atomic E-state index is 0.685. The van der Waals surface area contributed by atoms with Crippen LogP contribution >= 0.6 is 0 Å². The SMILES string of the molecule is c1ccc2cc(-c3nc(-c4ccc(-c5nc(-c6ccc7ccccc7c6)c6ccccc6n5)cc4)nc4ccccc34)ccc2c1. The lowest BCUT2D eigenvalue weighted by Gasteiger charge is -2.12. The van der Waals surface area contributed by atoms with Crippen LogP contribution in [0.15, 0.2) is 158 Å². The van der Waals surface area contributed by atoms with Crippen molar-refractivity contribution in [2.45, 2.75) is 0 Å². The molecule has 4 nitrogen and oxygen atoms in total. The summed E-state index contributed by atoms with van der Waals surface area (Å²) < 4.78 is 0. The van der Waals surface area contributed by atoms with Crippen molar-refractivity contribution in [2.75, 3.05) is 0 Å². The van der Waals surface area contributed by atoms with Gasteiger partial charge >= 0.3 is 0 Å². The molecule has 214 valence electrons. The molecule has 0 spiro atoms. The largest absolute Gasteiger partial charge is 0.228 e. The Balaban J connectivity index is 1.14. The van der Waals surface area contributed by atoms with Crippen molar-refractivity contribution in [1.29, 1.82) is 0 Å². The van der Waals surface area contributed by atoms with Crippen LogP contribution in [0, 0.1) is 0 Å². The summed E-state index contributed by atoms with van der Waals surface area (Å²) in [6.45, 7) is 0. The molecule has 9 rings (SSSR count). The second-order valence-electron chi connectivity index (χ2n) is 11.5. The van der Waals surface area contributed by atoms with Crippen molar-refractivity contribution in [3.8, 4) is 45.3 Å². The molecule has 2 heterocycles. The van der Waals surface area contributed by atoms with E-state index in [4.69, 9.17) is 19.9 Å². The van der Waals surface area contributed by atoms with Crippen molar-refractivity contribution in [3.05, 3.63) is 158 Å². The normalized spacial score (nSPS) is 11.5. The molecule has 0 bridgehead atoms. The van der Waals surface area contributed by atoms with E-state index in [0.29, 0.717) is 11.6 Å². The zero-order chi connectivity index (χ0) is 30.5. The minimum Gasteiger partial charge on any atom is -0.228 e. The number of benzene rings is 7. The van der Waals surface area contributed by atoms with Crippen LogP contribution in [-0.4, -0.2) is 19.9 Å². The van der Waals surface area contributed by atoms with Crippen LogP contribution in [0.3, 0.4) is 0 Å². The van der Waals surface area contributed by atoms with E-state index in [2.05, 4.69) is 133 Å². The van der Waals surface area contributed by atoms with Gasteiger partial charge in [-0.1, -0.05) is 133 Å². The molecule has 0 unspecified atom stereocenters. The van der Waals surface area contributed by atoms with E-state index in [9.17, 15) is 0 Å². The molecule has 46 heavy (non-hydrogen) atoms. The molecule has 0 atom stereocenters. The predicted molar refractivity (Wildman–Crippen MR) is 189 cm³/mol. The number of aromatic nitrogens is 4. The Morgan fingerprint density at radius 3 is 1.11 bits per heavy atom. The number of hydrogen-bond acceptors (Lipinski definition) is 4. The molecule has 0 aliphatic rings. The lowest BCUT2D eigenvalue weighted by molar-refractivity contribution is 1.22. The average molecular weight is 587 g/mol.